The maximum absolute atomic E-state index is 3.66. The van der Waals surface area contributed by atoms with Gasteiger partial charge in [-0.1, -0.05) is 75.2 Å². The van der Waals surface area contributed by atoms with Crippen molar-refractivity contribution in [2.24, 2.45) is 5.92 Å². The number of hydrogen-bond acceptors (Lipinski definition) is 0. The second-order valence-electron chi connectivity index (χ2n) is 5.23. The molecule has 2 rings (SSSR count). The zero-order valence-electron chi connectivity index (χ0n) is 11.8. The lowest BCUT2D eigenvalue weighted by Crippen LogP contribution is -2.10. The van der Waals surface area contributed by atoms with Crippen molar-refractivity contribution in [3.05, 3.63) is 69.7 Å². The van der Waals surface area contributed by atoms with Crippen LogP contribution in [0.4, 0.5) is 0 Å². The number of rotatable bonds is 6. The molecule has 0 amide bonds. The first kappa shape index (κ1) is 15.8. The molecule has 106 valence electrons. The van der Waals surface area contributed by atoms with Crippen LogP contribution >= 0.6 is 31.9 Å². The Morgan fingerprint density at radius 3 is 1.70 bits per heavy atom. The van der Waals surface area contributed by atoms with Gasteiger partial charge in [-0.05, 0) is 54.0 Å². The first-order chi connectivity index (χ1) is 9.71. The summed E-state index contributed by atoms with van der Waals surface area (Å²) in [6, 6.07) is 17.7. The van der Waals surface area contributed by atoms with Gasteiger partial charge in [-0.2, -0.15) is 0 Å². The molecule has 0 saturated carbocycles. The highest BCUT2D eigenvalue weighted by atomic mass is 79.9. The molecule has 0 spiro atoms. The Bertz CT molecular complexity index is 514. The van der Waals surface area contributed by atoms with E-state index in [9.17, 15) is 0 Å². The third-order valence-corrected chi connectivity index (χ3v) is 5.06. The quantitative estimate of drug-likeness (QED) is 0.541. The molecule has 2 aromatic carbocycles. The van der Waals surface area contributed by atoms with Gasteiger partial charge in [0.1, 0.15) is 0 Å². The minimum Gasteiger partial charge on any atom is -0.0925 e. The Hall–Kier alpha value is -0.600. The van der Waals surface area contributed by atoms with Crippen LogP contribution in [0.1, 0.15) is 23.6 Å². The van der Waals surface area contributed by atoms with E-state index in [0.29, 0.717) is 5.92 Å². The first-order valence-electron chi connectivity index (χ1n) is 7.09. The summed E-state index contributed by atoms with van der Waals surface area (Å²) in [5.41, 5.74) is 4.25. The van der Waals surface area contributed by atoms with Crippen molar-refractivity contribution in [1.29, 1.82) is 0 Å². The Morgan fingerprint density at radius 2 is 1.25 bits per heavy atom. The van der Waals surface area contributed by atoms with Gasteiger partial charge in [0.15, 0.2) is 0 Å². The van der Waals surface area contributed by atoms with E-state index in [2.05, 4.69) is 87.3 Å². The predicted octanol–water partition coefficient (Wildman–Crippen LogP) is 5.81. The van der Waals surface area contributed by atoms with Gasteiger partial charge >= 0.3 is 0 Å². The van der Waals surface area contributed by atoms with Crippen LogP contribution in [0.15, 0.2) is 53.0 Å². The summed E-state index contributed by atoms with van der Waals surface area (Å²) < 4.78 is 1.15. The first-order valence-corrected chi connectivity index (χ1v) is 9.01. The van der Waals surface area contributed by atoms with Gasteiger partial charge in [0.25, 0.3) is 0 Å². The molecule has 20 heavy (non-hydrogen) atoms. The minimum absolute atomic E-state index is 0.642. The van der Waals surface area contributed by atoms with Crippen molar-refractivity contribution in [3.8, 4) is 0 Å². The highest BCUT2D eigenvalue weighted by Crippen LogP contribution is 2.19. The zero-order chi connectivity index (χ0) is 14.4. The molecule has 0 aliphatic carbocycles. The van der Waals surface area contributed by atoms with E-state index in [1.54, 1.807) is 0 Å². The molecule has 0 heterocycles. The van der Waals surface area contributed by atoms with Gasteiger partial charge in [0.2, 0.25) is 0 Å². The smallest absolute Gasteiger partial charge is 0.0175 e. The molecule has 0 aromatic heterocycles. The standard InChI is InChI=1S/C18H20Br2/c1-2-14-3-5-15(6-4-14)11-17(13-19)12-16-7-9-18(20)10-8-16/h3-10,17H,2,11-13H2,1H3. The highest BCUT2D eigenvalue weighted by Gasteiger charge is 2.09. The van der Waals surface area contributed by atoms with Crippen molar-refractivity contribution < 1.29 is 0 Å². The summed E-state index contributed by atoms with van der Waals surface area (Å²) in [5.74, 6) is 0.642. The summed E-state index contributed by atoms with van der Waals surface area (Å²) in [7, 11) is 0. The molecular weight excluding hydrogens is 376 g/mol. The number of halogens is 2. The van der Waals surface area contributed by atoms with Crippen LogP contribution in [0.3, 0.4) is 0 Å². The van der Waals surface area contributed by atoms with E-state index >= 15 is 0 Å². The molecule has 0 nitrogen and oxygen atoms in total. The van der Waals surface area contributed by atoms with Crippen LogP contribution in [0, 0.1) is 5.92 Å². The third kappa shape index (κ3) is 4.75. The van der Waals surface area contributed by atoms with E-state index in [4.69, 9.17) is 0 Å². The average Bonchev–Trinajstić information content (AvgIpc) is 2.49. The number of hydrogen-bond donors (Lipinski definition) is 0. The third-order valence-electron chi connectivity index (χ3n) is 3.61. The highest BCUT2D eigenvalue weighted by molar-refractivity contribution is 9.10. The van der Waals surface area contributed by atoms with Gasteiger partial charge < -0.3 is 0 Å². The van der Waals surface area contributed by atoms with Gasteiger partial charge in [0, 0.05) is 9.80 Å². The number of aryl methyl sites for hydroxylation is 1. The molecule has 0 N–H and O–H groups in total. The van der Waals surface area contributed by atoms with Crippen LogP contribution in [-0.2, 0) is 19.3 Å². The molecular formula is C18H20Br2. The average molecular weight is 396 g/mol. The maximum Gasteiger partial charge on any atom is 0.0175 e. The van der Waals surface area contributed by atoms with E-state index in [0.717, 1.165) is 29.1 Å². The van der Waals surface area contributed by atoms with E-state index in [1.165, 1.54) is 16.7 Å². The van der Waals surface area contributed by atoms with Gasteiger partial charge in [-0.15, -0.1) is 0 Å². The lowest BCUT2D eigenvalue weighted by atomic mass is 9.94. The van der Waals surface area contributed by atoms with Crippen LogP contribution in [0.5, 0.6) is 0 Å². The van der Waals surface area contributed by atoms with E-state index < -0.39 is 0 Å². The van der Waals surface area contributed by atoms with Crippen LogP contribution in [0.2, 0.25) is 0 Å². The molecule has 0 radical (unpaired) electrons. The summed E-state index contributed by atoms with van der Waals surface area (Å²) >= 11 is 7.15. The monoisotopic (exact) mass is 394 g/mol. The summed E-state index contributed by atoms with van der Waals surface area (Å²) in [6.45, 7) is 2.20. The molecule has 0 aliphatic heterocycles. The van der Waals surface area contributed by atoms with Gasteiger partial charge in [-0.3, -0.25) is 0 Å². The Kier molecular flexibility index (Phi) is 6.31. The summed E-state index contributed by atoms with van der Waals surface area (Å²) in [6.07, 6.45) is 3.36. The molecule has 0 fully saturated rings. The SMILES string of the molecule is CCc1ccc(CC(CBr)Cc2ccc(Br)cc2)cc1. The van der Waals surface area contributed by atoms with Crippen LogP contribution in [0.25, 0.3) is 0 Å². The summed E-state index contributed by atoms with van der Waals surface area (Å²) in [5, 5.41) is 1.04. The molecule has 0 bridgehead atoms. The molecule has 1 atom stereocenters. The largest absolute Gasteiger partial charge is 0.0925 e. The van der Waals surface area contributed by atoms with E-state index in [1.807, 2.05) is 0 Å². The van der Waals surface area contributed by atoms with Gasteiger partial charge in [0.05, 0.1) is 0 Å². The molecule has 1 unspecified atom stereocenters. The topological polar surface area (TPSA) is 0 Å². The molecule has 0 saturated heterocycles. The second-order valence-corrected chi connectivity index (χ2v) is 6.79. The van der Waals surface area contributed by atoms with Gasteiger partial charge in [-0.25, -0.2) is 0 Å². The second kappa shape index (κ2) is 7.99. The minimum atomic E-state index is 0.642. The van der Waals surface area contributed by atoms with E-state index in [-0.39, 0.29) is 0 Å². The van der Waals surface area contributed by atoms with Crippen molar-refractivity contribution in [1.82, 2.24) is 0 Å². The zero-order valence-corrected chi connectivity index (χ0v) is 15.0. The predicted molar refractivity (Wildman–Crippen MR) is 94.7 cm³/mol. The van der Waals surface area contributed by atoms with Crippen LogP contribution in [-0.4, -0.2) is 5.33 Å². The maximum atomic E-state index is 3.66. The van der Waals surface area contributed by atoms with Crippen molar-refractivity contribution >= 4 is 31.9 Å². The lowest BCUT2D eigenvalue weighted by molar-refractivity contribution is 0.591. The van der Waals surface area contributed by atoms with Crippen molar-refractivity contribution in [3.63, 3.8) is 0 Å². The molecule has 2 aromatic rings. The molecule has 0 aliphatic rings. The number of alkyl halides is 1. The normalized spacial score (nSPS) is 12.3. The fraction of sp³-hybridized carbons (Fsp3) is 0.333. The van der Waals surface area contributed by atoms with Crippen molar-refractivity contribution in [2.75, 3.05) is 5.33 Å². The van der Waals surface area contributed by atoms with Crippen molar-refractivity contribution in [2.45, 2.75) is 26.2 Å². The fourth-order valence-electron chi connectivity index (χ4n) is 2.38. The summed E-state index contributed by atoms with van der Waals surface area (Å²) in [4.78, 5) is 0. The molecule has 2 heteroatoms. The van der Waals surface area contributed by atoms with Crippen LogP contribution < -0.4 is 0 Å². The lowest BCUT2D eigenvalue weighted by Gasteiger charge is -2.14. The number of benzene rings is 2. The Morgan fingerprint density at radius 1 is 0.800 bits per heavy atom. The Balaban J connectivity index is 1.99. The fourth-order valence-corrected chi connectivity index (χ4v) is 3.10. The Labute approximate surface area is 138 Å².